The molecular weight excluding hydrogens is 254 g/mol. The lowest BCUT2D eigenvalue weighted by atomic mass is 10.0. The Morgan fingerprint density at radius 1 is 1.16 bits per heavy atom. The van der Waals surface area contributed by atoms with Crippen molar-refractivity contribution >= 4 is 11.3 Å². The maximum Gasteiger partial charge on any atom is 0.148 e. The Balaban J connectivity index is 2.12. The molecule has 0 fully saturated rings. The first kappa shape index (κ1) is 14.2. The van der Waals surface area contributed by atoms with Crippen molar-refractivity contribution in [2.75, 3.05) is 6.54 Å². The zero-order valence-corrected chi connectivity index (χ0v) is 12.8. The van der Waals surface area contributed by atoms with E-state index in [1.807, 2.05) is 0 Å². The Hall–Kier alpha value is -1.26. The van der Waals surface area contributed by atoms with Crippen LogP contribution in [0.25, 0.3) is 10.6 Å². The Bertz CT molecular complexity index is 526. The third kappa shape index (κ3) is 3.61. The zero-order chi connectivity index (χ0) is 13.8. The molecule has 0 saturated carbocycles. The van der Waals surface area contributed by atoms with E-state index in [-0.39, 0.29) is 0 Å². The number of benzene rings is 1. The molecule has 0 radical (unpaired) electrons. The molecule has 0 aliphatic heterocycles. The van der Waals surface area contributed by atoms with Gasteiger partial charge >= 0.3 is 0 Å². The SMILES string of the molecule is Cc1cccc(C)c1-c1nnc(CNCC(C)C)s1. The van der Waals surface area contributed by atoms with E-state index in [1.54, 1.807) is 11.3 Å². The van der Waals surface area contributed by atoms with Crippen molar-refractivity contribution in [3.63, 3.8) is 0 Å². The van der Waals surface area contributed by atoms with Crippen LogP contribution in [0, 0.1) is 19.8 Å². The molecule has 1 aromatic carbocycles. The maximum absolute atomic E-state index is 4.33. The molecule has 3 nitrogen and oxygen atoms in total. The summed E-state index contributed by atoms with van der Waals surface area (Å²) in [5.41, 5.74) is 3.76. The normalized spacial score (nSPS) is 11.2. The average Bonchev–Trinajstić information content (AvgIpc) is 2.77. The second-order valence-electron chi connectivity index (χ2n) is 5.29. The molecule has 19 heavy (non-hydrogen) atoms. The Morgan fingerprint density at radius 3 is 2.47 bits per heavy atom. The van der Waals surface area contributed by atoms with Gasteiger partial charge in [0.15, 0.2) is 0 Å². The topological polar surface area (TPSA) is 37.8 Å². The zero-order valence-electron chi connectivity index (χ0n) is 12.0. The fourth-order valence-corrected chi connectivity index (χ4v) is 3.03. The summed E-state index contributed by atoms with van der Waals surface area (Å²) in [5.74, 6) is 0.658. The molecule has 102 valence electrons. The molecule has 0 spiro atoms. The van der Waals surface area contributed by atoms with Crippen molar-refractivity contribution in [1.29, 1.82) is 0 Å². The fourth-order valence-electron chi connectivity index (χ4n) is 2.05. The number of nitrogens with zero attached hydrogens (tertiary/aromatic N) is 2. The van der Waals surface area contributed by atoms with Crippen LogP contribution < -0.4 is 5.32 Å². The average molecular weight is 275 g/mol. The van der Waals surface area contributed by atoms with Gasteiger partial charge in [0.25, 0.3) is 0 Å². The molecule has 0 aliphatic rings. The third-order valence-electron chi connectivity index (χ3n) is 2.99. The number of aryl methyl sites for hydroxylation is 2. The Kier molecular flexibility index (Phi) is 4.66. The van der Waals surface area contributed by atoms with Crippen LogP contribution >= 0.6 is 11.3 Å². The molecule has 4 heteroatoms. The summed E-state index contributed by atoms with van der Waals surface area (Å²) in [6.07, 6.45) is 0. The smallest absolute Gasteiger partial charge is 0.148 e. The number of rotatable bonds is 5. The molecule has 0 atom stereocenters. The van der Waals surface area contributed by atoms with E-state index < -0.39 is 0 Å². The van der Waals surface area contributed by atoms with Gasteiger partial charge in [-0.15, -0.1) is 10.2 Å². The molecule has 0 bridgehead atoms. The summed E-state index contributed by atoms with van der Waals surface area (Å²) < 4.78 is 0. The van der Waals surface area contributed by atoms with Crippen molar-refractivity contribution in [2.45, 2.75) is 34.2 Å². The second-order valence-corrected chi connectivity index (χ2v) is 6.35. The lowest BCUT2D eigenvalue weighted by Crippen LogP contribution is -2.18. The van der Waals surface area contributed by atoms with Crippen molar-refractivity contribution in [1.82, 2.24) is 15.5 Å². The summed E-state index contributed by atoms with van der Waals surface area (Å²) in [6, 6.07) is 6.33. The van der Waals surface area contributed by atoms with E-state index in [2.05, 4.69) is 61.4 Å². The largest absolute Gasteiger partial charge is 0.310 e. The van der Waals surface area contributed by atoms with E-state index in [4.69, 9.17) is 0 Å². The molecule has 0 amide bonds. The molecular formula is C15H21N3S. The van der Waals surface area contributed by atoms with E-state index in [0.717, 1.165) is 23.1 Å². The first-order valence-corrected chi connectivity index (χ1v) is 7.49. The maximum atomic E-state index is 4.33. The summed E-state index contributed by atoms with van der Waals surface area (Å²) in [4.78, 5) is 0. The van der Waals surface area contributed by atoms with Crippen molar-refractivity contribution in [3.05, 3.63) is 34.3 Å². The monoisotopic (exact) mass is 275 g/mol. The van der Waals surface area contributed by atoms with Gasteiger partial charge < -0.3 is 5.32 Å². The third-order valence-corrected chi connectivity index (χ3v) is 3.93. The van der Waals surface area contributed by atoms with Crippen LogP contribution in [-0.2, 0) is 6.54 Å². The van der Waals surface area contributed by atoms with Gasteiger partial charge in [-0.1, -0.05) is 43.4 Å². The van der Waals surface area contributed by atoms with Gasteiger partial charge in [-0.3, -0.25) is 0 Å². The van der Waals surface area contributed by atoms with Gasteiger partial charge in [0, 0.05) is 12.1 Å². The summed E-state index contributed by atoms with van der Waals surface area (Å²) in [5, 5.41) is 14.1. The van der Waals surface area contributed by atoms with Crippen LogP contribution in [0.15, 0.2) is 18.2 Å². The van der Waals surface area contributed by atoms with E-state index in [1.165, 1.54) is 16.7 Å². The van der Waals surface area contributed by atoms with Crippen LogP contribution in [0.4, 0.5) is 0 Å². The van der Waals surface area contributed by atoms with Crippen LogP contribution in [0.3, 0.4) is 0 Å². The highest BCUT2D eigenvalue weighted by Gasteiger charge is 2.11. The van der Waals surface area contributed by atoms with Crippen LogP contribution in [0.5, 0.6) is 0 Å². The van der Waals surface area contributed by atoms with Crippen molar-refractivity contribution in [2.24, 2.45) is 5.92 Å². The predicted molar refractivity (Wildman–Crippen MR) is 81.4 cm³/mol. The van der Waals surface area contributed by atoms with Crippen LogP contribution in [-0.4, -0.2) is 16.7 Å². The number of hydrogen-bond donors (Lipinski definition) is 1. The van der Waals surface area contributed by atoms with E-state index in [0.29, 0.717) is 5.92 Å². The van der Waals surface area contributed by atoms with E-state index in [9.17, 15) is 0 Å². The van der Waals surface area contributed by atoms with Gasteiger partial charge in [0.05, 0.1) is 0 Å². The fraction of sp³-hybridized carbons (Fsp3) is 0.467. The van der Waals surface area contributed by atoms with Gasteiger partial charge in [0.1, 0.15) is 10.0 Å². The van der Waals surface area contributed by atoms with Crippen LogP contribution in [0.2, 0.25) is 0 Å². The predicted octanol–water partition coefficient (Wildman–Crippen LogP) is 3.57. The van der Waals surface area contributed by atoms with Crippen molar-refractivity contribution in [3.8, 4) is 10.6 Å². The molecule has 0 unspecified atom stereocenters. The lowest BCUT2D eigenvalue weighted by molar-refractivity contribution is 0.550. The standard InChI is InChI=1S/C15H21N3S/c1-10(2)8-16-9-13-17-18-15(19-13)14-11(3)6-5-7-12(14)4/h5-7,10,16H,8-9H2,1-4H3. The molecule has 2 rings (SSSR count). The highest BCUT2D eigenvalue weighted by Crippen LogP contribution is 2.29. The quantitative estimate of drug-likeness (QED) is 0.906. The number of hydrogen-bond acceptors (Lipinski definition) is 4. The molecule has 1 heterocycles. The van der Waals surface area contributed by atoms with Gasteiger partial charge in [-0.05, 0) is 37.4 Å². The molecule has 0 saturated heterocycles. The lowest BCUT2D eigenvalue weighted by Gasteiger charge is -2.05. The van der Waals surface area contributed by atoms with E-state index >= 15 is 0 Å². The highest BCUT2D eigenvalue weighted by atomic mass is 32.1. The van der Waals surface area contributed by atoms with Crippen molar-refractivity contribution < 1.29 is 0 Å². The van der Waals surface area contributed by atoms with Gasteiger partial charge in [-0.25, -0.2) is 0 Å². The minimum Gasteiger partial charge on any atom is -0.310 e. The van der Waals surface area contributed by atoms with Gasteiger partial charge in [-0.2, -0.15) is 0 Å². The highest BCUT2D eigenvalue weighted by molar-refractivity contribution is 7.14. The first-order chi connectivity index (χ1) is 9.08. The first-order valence-electron chi connectivity index (χ1n) is 6.67. The Labute approximate surface area is 119 Å². The summed E-state index contributed by atoms with van der Waals surface area (Å²) >= 11 is 1.68. The molecule has 0 aliphatic carbocycles. The van der Waals surface area contributed by atoms with Crippen LogP contribution in [0.1, 0.15) is 30.0 Å². The number of nitrogens with one attached hydrogen (secondary N) is 1. The minimum absolute atomic E-state index is 0.658. The number of aromatic nitrogens is 2. The Morgan fingerprint density at radius 2 is 1.84 bits per heavy atom. The second kappa shape index (κ2) is 6.26. The molecule has 1 N–H and O–H groups in total. The molecule has 1 aromatic heterocycles. The van der Waals surface area contributed by atoms with Gasteiger partial charge in [0.2, 0.25) is 0 Å². The summed E-state index contributed by atoms with van der Waals surface area (Å²) in [6.45, 7) is 10.5. The summed E-state index contributed by atoms with van der Waals surface area (Å²) in [7, 11) is 0. The minimum atomic E-state index is 0.658. The molecule has 2 aromatic rings.